The monoisotopic (exact) mass is 563 g/mol. The molecule has 9 nitrogen and oxygen atoms in total. The maximum atomic E-state index is 6.20. The third kappa shape index (κ3) is 7.18. The lowest BCUT2D eigenvalue weighted by Crippen LogP contribution is -2.33. The van der Waals surface area contributed by atoms with E-state index in [0.29, 0.717) is 25.5 Å². The second-order valence-electron chi connectivity index (χ2n) is 10.5. The molecule has 2 aromatic carbocycles. The van der Waals surface area contributed by atoms with Gasteiger partial charge in [0.25, 0.3) is 0 Å². The third-order valence-electron chi connectivity index (χ3n) is 7.15. The van der Waals surface area contributed by atoms with Crippen molar-refractivity contribution in [3.05, 3.63) is 95.5 Å². The summed E-state index contributed by atoms with van der Waals surface area (Å²) in [6.45, 7) is 9.45. The number of fused-ring (bicyclic) bond motifs is 1. The summed E-state index contributed by atoms with van der Waals surface area (Å²) < 4.78 is 11.4. The van der Waals surface area contributed by atoms with Crippen molar-refractivity contribution in [2.24, 2.45) is 5.10 Å². The van der Waals surface area contributed by atoms with Gasteiger partial charge >= 0.3 is 0 Å². The van der Waals surface area contributed by atoms with Gasteiger partial charge in [-0.15, -0.1) is 0 Å². The first-order valence-electron chi connectivity index (χ1n) is 14.0. The lowest BCUT2D eigenvalue weighted by molar-refractivity contribution is -0.0201. The molecule has 4 aromatic rings. The second kappa shape index (κ2) is 13.4. The molecule has 42 heavy (non-hydrogen) atoms. The molecule has 0 radical (unpaired) electrons. The fourth-order valence-electron chi connectivity index (χ4n) is 4.92. The van der Waals surface area contributed by atoms with E-state index in [2.05, 4.69) is 70.1 Å². The first kappa shape index (κ1) is 28.9. The third-order valence-corrected chi connectivity index (χ3v) is 7.15. The number of nitrogens with zero attached hydrogens (tertiary/aromatic N) is 4. The van der Waals surface area contributed by atoms with Crippen LogP contribution in [0.5, 0.6) is 0 Å². The van der Waals surface area contributed by atoms with E-state index in [1.165, 1.54) is 5.56 Å². The van der Waals surface area contributed by atoms with E-state index in [1.807, 2.05) is 49.5 Å². The minimum Gasteiger partial charge on any atom is -0.385 e. The fourth-order valence-corrected chi connectivity index (χ4v) is 4.92. The second-order valence-corrected chi connectivity index (χ2v) is 10.5. The van der Waals surface area contributed by atoms with Crippen molar-refractivity contribution in [2.75, 3.05) is 42.9 Å². The van der Waals surface area contributed by atoms with Crippen LogP contribution in [-0.4, -0.2) is 54.1 Å². The predicted octanol–water partition coefficient (Wildman–Crippen LogP) is 6.26. The summed E-state index contributed by atoms with van der Waals surface area (Å²) in [5, 5.41) is 10.9. The van der Waals surface area contributed by atoms with Crippen molar-refractivity contribution in [1.82, 2.24) is 15.0 Å². The number of aromatic nitrogens is 3. The normalized spacial score (nSPS) is 15.6. The first-order valence-corrected chi connectivity index (χ1v) is 14.0. The van der Waals surface area contributed by atoms with E-state index in [4.69, 9.17) is 19.4 Å². The van der Waals surface area contributed by atoms with Crippen LogP contribution < -0.4 is 16.1 Å². The van der Waals surface area contributed by atoms with Crippen LogP contribution in [0, 0.1) is 6.92 Å². The molecular weight excluding hydrogens is 526 g/mol. The average molecular weight is 564 g/mol. The van der Waals surface area contributed by atoms with Crippen LogP contribution in [0.4, 0.5) is 22.9 Å². The number of aryl methyl sites for hydroxylation is 1. The molecular formula is C33H37N7O2. The van der Waals surface area contributed by atoms with Gasteiger partial charge in [0.05, 0.1) is 30.2 Å². The van der Waals surface area contributed by atoms with Gasteiger partial charge in [-0.1, -0.05) is 24.3 Å². The maximum absolute atomic E-state index is 6.20. The molecule has 216 valence electrons. The highest BCUT2D eigenvalue weighted by Crippen LogP contribution is 2.35. The number of pyridine rings is 1. The molecule has 1 aliphatic rings. The molecule has 2 aromatic heterocycles. The standard InChI is InChI=1S/C33H37N7O2/c1-23-19-27(10-11-29(23)40-34-3)37-32-28-21-33(2,42-18-17-41-4)14-12-30(28)38-31(39-32)25-8-5-9-26(20-25)36-16-13-24-7-6-15-35-22-24/h5-12,14-15,19-20,22,36,40H,3,13,16-18,21H2,1-2,4H3,(H,37,38,39). The zero-order valence-electron chi connectivity index (χ0n) is 24.4. The topological polar surface area (TPSA) is 106 Å². The molecule has 0 saturated heterocycles. The van der Waals surface area contributed by atoms with Crippen LogP contribution in [0.25, 0.3) is 17.5 Å². The summed E-state index contributed by atoms with van der Waals surface area (Å²) in [6, 6.07) is 18.3. The van der Waals surface area contributed by atoms with Gasteiger partial charge in [0.15, 0.2) is 5.82 Å². The number of benzene rings is 2. The summed E-state index contributed by atoms with van der Waals surface area (Å²) in [6.07, 6.45) is 9.31. The SMILES string of the molecule is C=NNc1ccc(Nc2nc(-c3cccc(NCCc4cccnc4)c3)nc3c2CC(C)(OCCOC)C=C3)cc1C. The number of hydrogen-bond acceptors (Lipinski definition) is 9. The Morgan fingerprint density at radius 3 is 2.74 bits per heavy atom. The largest absolute Gasteiger partial charge is 0.385 e. The molecule has 3 N–H and O–H groups in total. The van der Waals surface area contributed by atoms with E-state index < -0.39 is 5.60 Å². The van der Waals surface area contributed by atoms with Crippen LogP contribution in [0.15, 0.2) is 78.2 Å². The van der Waals surface area contributed by atoms with Gasteiger partial charge in [0, 0.05) is 61.7 Å². The van der Waals surface area contributed by atoms with Crippen molar-refractivity contribution in [3.63, 3.8) is 0 Å². The van der Waals surface area contributed by atoms with E-state index in [0.717, 1.165) is 58.2 Å². The van der Waals surface area contributed by atoms with Crippen molar-refractivity contribution in [1.29, 1.82) is 0 Å². The molecule has 1 atom stereocenters. The molecule has 0 spiro atoms. The molecule has 5 rings (SSSR count). The highest BCUT2D eigenvalue weighted by atomic mass is 16.5. The molecule has 0 aliphatic heterocycles. The Morgan fingerprint density at radius 1 is 1.05 bits per heavy atom. The Balaban J connectivity index is 1.44. The summed E-state index contributed by atoms with van der Waals surface area (Å²) in [4.78, 5) is 14.2. The fraction of sp³-hybridized carbons (Fsp3) is 0.273. The maximum Gasteiger partial charge on any atom is 0.162 e. The number of hydrogen-bond donors (Lipinski definition) is 3. The Bertz CT molecular complexity index is 1560. The highest BCUT2D eigenvalue weighted by molar-refractivity contribution is 5.73. The predicted molar refractivity (Wildman–Crippen MR) is 171 cm³/mol. The minimum absolute atomic E-state index is 0.496. The number of anilines is 4. The van der Waals surface area contributed by atoms with Gasteiger partial charge in [-0.3, -0.25) is 10.4 Å². The van der Waals surface area contributed by atoms with Crippen LogP contribution in [0.1, 0.15) is 29.3 Å². The summed E-state index contributed by atoms with van der Waals surface area (Å²) in [5.74, 6) is 1.39. The van der Waals surface area contributed by atoms with Gasteiger partial charge in [0.2, 0.25) is 0 Å². The van der Waals surface area contributed by atoms with Gasteiger partial charge in [-0.2, -0.15) is 5.10 Å². The van der Waals surface area contributed by atoms with Gasteiger partial charge in [-0.25, -0.2) is 9.97 Å². The molecule has 1 aliphatic carbocycles. The summed E-state index contributed by atoms with van der Waals surface area (Å²) in [7, 11) is 1.67. The van der Waals surface area contributed by atoms with Gasteiger partial charge in [-0.05, 0) is 73.9 Å². The highest BCUT2D eigenvalue weighted by Gasteiger charge is 2.30. The number of nitrogens with one attached hydrogen (secondary N) is 3. The smallest absolute Gasteiger partial charge is 0.162 e. The van der Waals surface area contributed by atoms with E-state index in [1.54, 1.807) is 13.3 Å². The van der Waals surface area contributed by atoms with Gasteiger partial charge in [0.1, 0.15) is 5.82 Å². The molecule has 1 unspecified atom stereocenters. The number of rotatable bonds is 13. The van der Waals surface area contributed by atoms with Crippen molar-refractivity contribution < 1.29 is 9.47 Å². The van der Waals surface area contributed by atoms with Crippen molar-refractivity contribution >= 4 is 35.7 Å². The van der Waals surface area contributed by atoms with Crippen LogP contribution in [0.2, 0.25) is 0 Å². The quantitative estimate of drug-likeness (QED) is 0.0994. The van der Waals surface area contributed by atoms with E-state index >= 15 is 0 Å². The zero-order valence-corrected chi connectivity index (χ0v) is 24.4. The Labute approximate surface area is 247 Å². The molecule has 0 bridgehead atoms. The summed E-state index contributed by atoms with van der Waals surface area (Å²) in [5.41, 5.74) is 10.3. The number of methoxy groups -OCH3 is 1. The Hall–Kier alpha value is -4.60. The molecule has 0 saturated carbocycles. The lowest BCUT2D eigenvalue weighted by Gasteiger charge is -2.31. The molecule has 9 heteroatoms. The summed E-state index contributed by atoms with van der Waals surface area (Å²) >= 11 is 0. The van der Waals surface area contributed by atoms with Crippen LogP contribution in [-0.2, 0) is 22.3 Å². The van der Waals surface area contributed by atoms with Crippen LogP contribution >= 0.6 is 0 Å². The average Bonchev–Trinajstić information content (AvgIpc) is 3.00. The number of ether oxygens (including phenoxy) is 2. The molecule has 0 amide bonds. The van der Waals surface area contributed by atoms with Crippen molar-refractivity contribution in [3.8, 4) is 11.4 Å². The number of hydrazone groups is 1. The van der Waals surface area contributed by atoms with E-state index in [9.17, 15) is 0 Å². The van der Waals surface area contributed by atoms with E-state index in [-0.39, 0.29) is 0 Å². The van der Waals surface area contributed by atoms with Crippen molar-refractivity contribution in [2.45, 2.75) is 32.3 Å². The Kier molecular flexibility index (Phi) is 9.21. The first-order chi connectivity index (χ1) is 20.5. The Morgan fingerprint density at radius 2 is 1.95 bits per heavy atom. The lowest BCUT2D eigenvalue weighted by atomic mass is 9.89. The molecule has 0 fully saturated rings. The van der Waals surface area contributed by atoms with Crippen LogP contribution in [0.3, 0.4) is 0 Å². The van der Waals surface area contributed by atoms with Gasteiger partial charge < -0.3 is 20.1 Å². The molecule has 2 heterocycles. The minimum atomic E-state index is -0.496. The zero-order chi connectivity index (χ0) is 29.4.